The molecule has 1 aromatic heterocycles. The van der Waals surface area contributed by atoms with Gasteiger partial charge >= 0.3 is 0 Å². The minimum absolute atomic E-state index is 0.653. The first-order valence-electron chi connectivity index (χ1n) is 8.09. The molecule has 0 aliphatic carbocycles. The first-order chi connectivity index (χ1) is 10.3. The van der Waals surface area contributed by atoms with Crippen molar-refractivity contribution >= 4 is 22.7 Å². The second-order valence-corrected chi connectivity index (χ2v) is 6.92. The van der Waals surface area contributed by atoms with Crippen LogP contribution in [-0.2, 0) is 13.0 Å². The molecule has 0 spiro atoms. The zero-order valence-corrected chi connectivity index (χ0v) is 13.8. The van der Waals surface area contributed by atoms with Crippen molar-refractivity contribution in [3.05, 3.63) is 30.0 Å². The van der Waals surface area contributed by atoms with E-state index in [1.165, 1.54) is 34.5 Å². The molecule has 114 valence electrons. The van der Waals surface area contributed by atoms with Crippen LogP contribution in [0, 0.1) is 5.92 Å². The topological polar surface area (TPSA) is 29.9 Å². The van der Waals surface area contributed by atoms with Gasteiger partial charge in [0.05, 0.1) is 11.2 Å². The molecule has 0 saturated carbocycles. The molecule has 1 N–H and O–H groups in total. The minimum Gasteiger partial charge on any atom is -0.313 e. The Hall–Kier alpha value is -1.00. The molecule has 1 fully saturated rings. The summed E-state index contributed by atoms with van der Waals surface area (Å²) in [4.78, 5) is 0. The van der Waals surface area contributed by atoms with Crippen molar-refractivity contribution in [3.8, 4) is 0 Å². The number of aromatic nitrogens is 2. The highest BCUT2D eigenvalue weighted by Crippen LogP contribution is 2.29. The van der Waals surface area contributed by atoms with Gasteiger partial charge in [0.2, 0.25) is 0 Å². The summed E-state index contributed by atoms with van der Waals surface area (Å²) in [7, 11) is 0. The van der Waals surface area contributed by atoms with Crippen LogP contribution >= 0.6 is 11.8 Å². The predicted molar refractivity (Wildman–Crippen MR) is 92.0 cm³/mol. The molecular formula is C17H25N3S. The fraction of sp³-hybridized carbons (Fsp3) is 0.588. The van der Waals surface area contributed by atoms with E-state index in [4.69, 9.17) is 5.10 Å². The highest BCUT2D eigenvalue weighted by Gasteiger charge is 2.28. The average Bonchev–Trinajstić information content (AvgIpc) is 3.10. The number of thioether (sulfide) groups is 1. The summed E-state index contributed by atoms with van der Waals surface area (Å²) in [6.07, 6.45) is 2.31. The van der Waals surface area contributed by atoms with Gasteiger partial charge in [-0.15, -0.1) is 0 Å². The van der Waals surface area contributed by atoms with E-state index in [9.17, 15) is 0 Å². The van der Waals surface area contributed by atoms with Gasteiger partial charge in [0, 0.05) is 23.7 Å². The summed E-state index contributed by atoms with van der Waals surface area (Å²) in [5.41, 5.74) is 2.56. The van der Waals surface area contributed by atoms with Gasteiger partial charge in [-0.1, -0.05) is 25.1 Å². The number of para-hydroxylation sites is 1. The third-order valence-corrected chi connectivity index (χ3v) is 5.60. The lowest BCUT2D eigenvalue weighted by atomic mass is 9.96. The highest BCUT2D eigenvalue weighted by atomic mass is 32.2. The van der Waals surface area contributed by atoms with Gasteiger partial charge in [0.1, 0.15) is 0 Å². The Labute approximate surface area is 131 Å². The lowest BCUT2D eigenvalue weighted by molar-refractivity contribution is 0.421. The quantitative estimate of drug-likeness (QED) is 0.888. The second-order valence-electron chi connectivity index (χ2n) is 5.84. The third kappa shape index (κ3) is 3.11. The summed E-state index contributed by atoms with van der Waals surface area (Å²) < 4.78 is 2.14. The molecule has 1 aromatic carbocycles. The molecule has 2 heterocycles. The fourth-order valence-electron chi connectivity index (χ4n) is 3.19. The van der Waals surface area contributed by atoms with E-state index in [0.29, 0.717) is 12.0 Å². The number of nitrogens with one attached hydrogen (secondary N) is 1. The molecule has 1 aliphatic rings. The van der Waals surface area contributed by atoms with Crippen LogP contribution in [0.25, 0.3) is 10.9 Å². The van der Waals surface area contributed by atoms with E-state index < -0.39 is 0 Å². The van der Waals surface area contributed by atoms with Crippen LogP contribution < -0.4 is 5.32 Å². The largest absolute Gasteiger partial charge is 0.313 e. The molecular weight excluding hydrogens is 278 g/mol. The van der Waals surface area contributed by atoms with Gasteiger partial charge < -0.3 is 5.32 Å². The van der Waals surface area contributed by atoms with Crippen LogP contribution in [0.2, 0.25) is 0 Å². The smallest absolute Gasteiger partial charge is 0.0707 e. The standard InChI is InChI=1S/C17H25N3S/c1-3-9-18-16-12-21-11-13(16)10-15-14-7-5-6-8-17(14)20(4-2)19-15/h5-8,13,16,18H,3-4,9-12H2,1-2H3. The van der Waals surface area contributed by atoms with E-state index in [-0.39, 0.29) is 0 Å². The van der Waals surface area contributed by atoms with Crippen molar-refractivity contribution < 1.29 is 0 Å². The van der Waals surface area contributed by atoms with Crippen molar-refractivity contribution in [3.63, 3.8) is 0 Å². The maximum absolute atomic E-state index is 4.87. The Morgan fingerprint density at radius 3 is 2.95 bits per heavy atom. The molecule has 0 amide bonds. The molecule has 3 nitrogen and oxygen atoms in total. The van der Waals surface area contributed by atoms with Crippen LogP contribution in [0.1, 0.15) is 26.0 Å². The summed E-state index contributed by atoms with van der Waals surface area (Å²) in [6, 6.07) is 9.30. The minimum atomic E-state index is 0.653. The van der Waals surface area contributed by atoms with Crippen molar-refractivity contribution in [2.75, 3.05) is 18.1 Å². The average molecular weight is 303 g/mol. The molecule has 2 aromatic rings. The lowest BCUT2D eigenvalue weighted by Crippen LogP contribution is -2.36. The fourth-order valence-corrected chi connectivity index (χ4v) is 4.62. The van der Waals surface area contributed by atoms with Crippen LogP contribution in [0.15, 0.2) is 24.3 Å². The van der Waals surface area contributed by atoms with Crippen molar-refractivity contribution in [2.24, 2.45) is 5.92 Å². The molecule has 3 rings (SSSR count). The van der Waals surface area contributed by atoms with Gasteiger partial charge in [-0.3, -0.25) is 4.68 Å². The molecule has 4 heteroatoms. The van der Waals surface area contributed by atoms with E-state index >= 15 is 0 Å². The normalized spacial score (nSPS) is 22.2. The number of fused-ring (bicyclic) bond motifs is 1. The van der Waals surface area contributed by atoms with Crippen molar-refractivity contribution in [1.82, 2.24) is 15.1 Å². The van der Waals surface area contributed by atoms with Gasteiger partial charge in [-0.05, 0) is 44.0 Å². The number of hydrogen-bond donors (Lipinski definition) is 1. The predicted octanol–water partition coefficient (Wildman–Crippen LogP) is 3.33. The Kier molecular flexibility index (Phi) is 4.86. The maximum atomic E-state index is 4.87. The molecule has 1 saturated heterocycles. The number of benzene rings is 1. The Morgan fingerprint density at radius 2 is 2.14 bits per heavy atom. The van der Waals surface area contributed by atoms with Crippen molar-refractivity contribution in [2.45, 2.75) is 39.3 Å². The SMILES string of the molecule is CCCNC1CSCC1Cc1nn(CC)c2ccccc12. The van der Waals surface area contributed by atoms with Gasteiger partial charge in [-0.25, -0.2) is 0 Å². The van der Waals surface area contributed by atoms with Crippen molar-refractivity contribution in [1.29, 1.82) is 0 Å². The zero-order chi connectivity index (χ0) is 14.7. The van der Waals surface area contributed by atoms with E-state index in [1.54, 1.807) is 0 Å². The van der Waals surface area contributed by atoms with E-state index in [0.717, 1.165) is 19.5 Å². The van der Waals surface area contributed by atoms with Crippen LogP contribution in [-0.4, -0.2) is 33.9 Å². The first kappa shape index (κ1) is 14.9. The monoisotopic (exact) mass is 303 g/mol. The molecule has 2 unspecified atom stereocenters. The zero-order valence-electron chi connectivity index (χ0n) is 13.0. The molecule has 0 bridgehead atoms. The number of hydrogen-bond acceptors (Lipinski definition) is 3. The highest BCUT2D eigenvalue weighted by molar-refractivity contribution is 7.99. The van der Waals surface area contributed by atoms with E-state index in [1.807, 2.05) is 0 Å². The Morgan fingerprint density at radius 1 is 1.29 bits per heavy atom. The molecule has 1 aliphatic heterocycles. The summed E-state index contributed by atoms with van der Waals surface area (Å²) >= 11 is 2.08. The van der Waals surface area contributed by atoms with Crippen LogP contribution in [0.5, 0.6) is 0 Å². The van der Waals surface area contributed by atoms with E-state index in [2.05, 4.69) is 59.9 Å². The lowest BCUT2D eigenvalue weighted by Gasteiger charge is -2.19. The Bertz CT molecular complexity index is 593. The number of rotatable bonds is 6. The van der Waals surface area contributed by atoms with Gasteiger partial charge in [0.15, 0.2) is 0 Å². The van der Waals surface area contributed by atoms with Crippen LogP contribution in [0.4, 0.5) is 0 Å². The van der Waals surface area contributed by atoms with Gasteiger partial charge in [0.25, 0.3) is 0 Å². The summed E-state index contributed by atoms with van der Waals surface area (Å²) in [6.45, 7) is 6.48. The molecule has 2 atom stereocenters. The van der Waals surface area contributed by atoms with Crippen LogP contribution in [0.3, 0.4) is 0 Å². The first-order valence-corrected chi connectivity index (χ1v) is 9.24. The Balaban J connectivity index is 1.81. The summed E-state index contributed by atoms with van der Waals surface area (Å²) in [5.74, 6) is 3.22. The second kappa shape index (κ2) is 6.84. The maximum Gasteiger partial charge on any atom is 0.0707 e. The molecule has 21 heavy (non-hydrogen) atoms. The number of nitrogens with zero attached hydrogens (tertiary/aromatic N) is 2. The van der Waals surface area contributed by atoms with Gasteiger partial charge in [-0.2, -0.15) is 16.9 Å². The molecule has 0 radical (unpaired) electrons. The number of aryl methyl sites for hydroxylation is 1. The third-order valence-electron chi connectivity index (χ3n) is 4.34. The summed E-state index contributed by atoms with van der Waals surface area (Å²) in [5, 5.41) is 9.92.